The topological polar surface area (TPSA) is 54.7 Å². The molecule has 4 heteroatoms. The third-order valence-corrected chi connectivity index (χ3v) is 4.36. The number of aryl methyl sites for hydroxylation is 1. The summed E-state index contributed by atoms with van der Waals surface area (Å²) in [6, 6.07) is 3.65. The average Bonchev–Trinajstić information content (AvgIpc) is 2.81. The molecule has 0 radical (unpaired) electrons. The Morgan fingerprint density at radius 3 is 2.84 bits per heavy atom. The van der Waals surface area contributed by atoms with Gasteiger partial charge in [-0.2, -0.15) is 0 Å². The van der Waals surface area contributed by atoms with Crippen molar-refractivity contribution in [2.24, 2.45) is 5.92 Å². The molecular formula is C15H20ClN3. The number of halogens is 1. The molecule has 1 aliphatic rings. The molecule has 0 unspecified atom stereocenters. The molecule has 0 bridgehead atoms. The predicted octanol–water partition coefficient (Wildman–Crippen LogP) is 4.31. The van der Waals surface area contributed by atoms with E-state index in [2.05, 4.69) is 9.97 Å². The lowest BCUT2D eigenvalue weighted by Crippen LogP contribution is -2.07. The van der Waals surface area contributed by atoms with Crippen LogP contribution >= 0.6 is 11.6 Å². The third-order valence-electron chi connectivity index (χ3n) is 4.14. The van der Waals surface area contributed by atoms with Crippen LogP contribution in [0.2, 0.25) is 5.02 Å². The van der Waals surface area contributed by atoms with E-state index in [1.54, 1.807) is 6.07 Å². The van der Waals surface area contributed by atoms with Crippen molar-refractivity contribution in [3.05, 3.63) is 23.0 Å². The first-order valence-electron chi connectivity index (χ1n) is 7.16. The van der Waals surface area contributed by atoms with Crippen LogP contribution in [0.4, 0.5) is 5.69 Å². The zero-order valence-electron chi connectivity index (χ0n) is 11.1. The quantitative estimate of drug-likeness (QED) is 0.821. The van der Waals surface area contributed by atoms with Gasteiger partial charge in [0.05, 0.1) is 11.2 Å². The molecule has 3 N–H and O–H groups in total. The maximum Gasteiger partial charge on any atom is 0.112 e. The molecule has 1 aromatic carbocycles. The summed E-state index contributed by atoms with van der Waals surface area (Å²) in [5.74, 6) is 1.91. The number of anilines is 1. The highest BCUT2D eigenvalue weighted by Crippen LogP contribution is 2.28. The summed E-state index contributed by atoms with van der Waals surface area (Å²) in [5, 5.41) is 0.660. The van der Waals surface area contributed by atoms with Crippen molar-refractivity contribution in [2.45, 2.75) is 44.9 Å². The van der Waals surface area contributed by atoms with Crippen LogP contribution in [0.1, 0.15) is 44.3 Å². The monoisotopic (exact) mass is 277 g/mol. The Labute approximate surface area is 118 Å². The van der Waals surface area contributed by atoms with Crippen LogP contribution in [0.25, 0.3) is 11.0 Å². The summed E-state index contributed by atoms with van der Waals surface area (Å²) in [5.41, 5.74) is 8.40. The first-order valence-corrected chi connectivity index (χ1v) is 7.54. The number of rotatable bonds is 3. The van der Waals surface area contributed by atoms with E-state index < -0.39 is 0 Å². The Kier molecular flexibility index (Phi) is 3.65. The van der Waals surface area contributed by atoms with Crippen molar-refractivity contribution < 1.29 is 0 Å². The molecule has 0 spiro atoms. The van der Waals surface area contributed by atoms with Crippen LogP contribution in [-0.2, 0) is 6.42 Å². The van der Waals surface area contributed by atoms with Crippen molar-refractivity contribution in [1.82, 2.24) is 9.97 Å². The molecular weight excluding hydrogens is 258 g/mol. The number of aromatic amines is 1. The van der Waals surface area contributed by atoms with E-state index in [1.807, 2.05) is 6.07 Å². The summed E-state index contributed by atoms with van der Waals surface area (Å²) in [4.78, 5) is 7.94. The van der Waals surface area contributed by atoms with Crippen molar-refractivity contribution in [1.29, 1.82) is 0 Å². The third kappa shape index (κ3) is 2.86. The minimum absolute atomic E-state index is 0.655. The summed E-state index contributed by atoms with van der Waals surface area (Å²) in [7, 11) is 0. The van der Waals surface area contributed by atoms with Crippen LogP contribution in [0.15, 0.2) is 12.1 Å². The van der Waals surface area contributed by atoms with Crippen LogP contribution in [-0.4, -0.2) is 9.97 Å². The van der Waals surface area contributed by atoms with E-state index in [1.165, 1.54) is 38.5 Å². The number of nitrogens with one attached hydrogen (secondary N) is 1. The zero-order chi connectivity index (χ0) is 13.2. The number of H-pyrrole nitrogens is 1. The van der Waals surface area contributed by atoms with Gasteiger partial charge in [0.15, 0.2) is 0 Å². The maximum absolute atomic E-state index is 6.00. The summed E-state index contributed by atoms with van der Waals surface area (Å²) < 4.78 is 0. The van der Waals surface area contributed by atoms with E-state index >= 15 is 0 Å². The second-order valence-electron chi connectivity index (χ2n) is 5.62. The fraction of sp³-hybridized carbons (Fsp3) is 0.533. The van der Waals surface area contributed by atoms with Gasteiger partial charge in [-0.25, -0.2) is 4.98 Å². The van der Waals surface area contributed by atoms with Crippen molar-refractivity contribution in [3.8, 4) is 0 Å². The first-order chi connectivity index (χ1) is 9.22. The van der Waals surface area contributed by atoms with E-state index in [9.17, 15) is 0 Å². The van der Waals surface area contributed by atoms with Gasteiger partial charge in [0.25, 0.3) is 0 Å². The Bertz CT molecular complexity index is 570. The number of imidazole rings is 1. The number of hydrogen-bond donors (Lipinski definition) is 2. The van der Waals surface area contributed by atoms with Gasteiger partial charge in [-0.15, -0.1) is 0 Å². The van der Waals surface area contributed by atoms with Crippen molar-refractivity contribution in [2.75, 3.05) is 5.73 Å². The zero-order valence-corrected chi connectivity index (χ0v) is 11.8. The number of nitrogen functional groups attached to an aromatic ring is 1. The van der Waals surface area contributed by atoms with Crippen LogP contribution in [0.5, 0.6) is 0 Å². The van der Waals surface area contributed by atoms with Crippen molar-refractivity contribution >= 4 is 28.3 Å². The predicted molar refractivity (Wildman–Crippen MR) is 80.4 cm³/mol. The summed E-state index contributed by atoms with van der Waals surface area (Å²) in [6.07, 6.45) is 9.21. The molecule has 2 aromatic rings. The largest absolute Gasteiger partial charge is 0.397 e. The lowest BCUT2D eigenvalue weighted by atomic mass is 9.86. The molecule has 19 heavy (non-hydrogen) atoms. The molecule has 1 saturated carbocycles. The van der Waals surface area contributed by atoms with Gasteiger partial charge >= 0.3 is 0 Å². The fourth-order valence-electron chi connectivity index (χ4n) is 3.09. The Morgan fingerprint density at radius 2 is 2.05 bits per heavy atom. The average molecular weight is 278 g/mol. The number of aromatic nitrogens is 2. The van der Waals surface area contributed by atoms with Gasteiger partial charge in [0.2, 0.25) is 0 Å². The summed E-state index contributed by atoms with van der Waals surface area (Å²) in [6.45, 7) is 0. The molecule has 3 rings (SSSR count). The second kappa shape index (κ2) is 5.41. The van der Waals surface area contributed by atoms with Gasteiger partial charge in [-0.1, -0.05) is 43.7 Å². The molecule has 1 fully saturated rings. The smallest absolute Gasteiger partial charge is 0.112 e. The van der Waals surface area contributed by atoms with Gasteiger partial charge in [0.1, 0.15) is 11.3 Å². The highest BCUT2D eigenvalue weighted by atomic mass is 35.5. The van der Waals surface area contributed by atoms with Crippen LogP contribution in [0.3, 0.4) is 0 Å². The normalized spacial score (nSPS) is 17.1. The summed E-state index contributed by atoms with van der Waals surface area (Å²) >= 11 is 6.00. The van der Waals surface area contributed by atoms with Crippen LogP contribution in [0, 0.1) is 5.92 Å². The molecule has 3 nitrogen and oxygen atoms in total. The molecule has 0 aliphatic heterocycles. The molecule has 0 saturated heterocycles. The van der Waals surface area contributed by atoms with E-state index in [-0.39, 0.29) is 0 Å². The van der Waals surface area contributed by atoms with E-state index in [0.717, 1.165) is 29.2 Å². The molecule has 0 amide bonds. The maximum atomic E-state index is 6.00. The Hall–Kier alpha value is -1.22. The number of hydrogen-bond acceptors (Lipinski definition) is 2. The lowest BCUT2D eigenvalue weighted by molar-refractivity contribution is 0.337. The van der Waals surface area contributed by atoms with Crippen molar-refractivity contribution in [3.63, 3.8) is 0 Å². The highest BCUT2D eigenvalue weighted by molar-refractivity contribution is 6.31. The van der Waals surface area contributed by atoms with E-state index in [4.69, 9.17) is 17.3 Å². The first kappa shape index (κ1) is 12.8. The number of benzene rings is 1. The highest BCUT2D eigenvalue weighted by Gasteiger charge is 2.14. The van der Waals surface area contributed by atoms with E-state index in [0.29, 0.717) is 10.7 Å². The molecule has 1 aromatic heterocycles. The molecule has 1 heterocycles. The lowest BCUT2D eigenvalue weighted by Gasteiger charge is -2.20. The van der Waals surface area contributed by atoms with Gasteiger partial charge < -0.3 is 10.7 Å². The Morgan fingerprint density at radius 1 is 1.26 bits per heavy atom. The van der Waals surface area contributed by atoms with Gasteiger partial charge in [-0.3, -0.25) is 0 Å². The van der Waals surface area contributed by atoms with Gasteiger partial charge in [0, 0.05) is 11.4 Å². The number of fused-ring (bicyclic) bond motifs is 1. The molecule has 0 atom stereocenters. The fourth-order valence-corrected chi connectivity index (χ4v) is 3.32. The van der Waals surface area contributed by atoms with Gasteiger partial charge in [-0.05, 0) is 24.5 Å². The standard InChI is InChI=1S/C15H20ClN3/c16-11-8-12(17)15-13(9-11)18-14(19-15)7-6-10-4-2-1-3-5-10/h8-10H,1-7,17H2,(H,18,19). The number of nitrogens with two attached hydrogens (primary N) is 1. The minimum Gasteiger partial charge on any atom is -0.397 e. The molecule has 1 aliphatic carbocycles. The number of nitrogens with zero attached hydrogens (tertiary/aromatic N) is 1. The van der Waals surface area contributed by atoms with Crippen LogP contribution < -0.4 is 5.73 Å². The minimum atomic E-state index is 0.655. The second-order valence-corrected chi connectivity index (χ2v) is 6.05. The SMILES string of the molecule is Nc1cc(Cl)cc2[nH]c(CCC3CCCCC3)nc12. The Balaban J connectivity index is 1.72. The molecule has 102 valence electrons.